The van der Waals surface area contributed by atoms with Crippen LogP contribution in [0.25, 0.3) is 32.9 Å². The molecule has 14 heteroatoms. The molecule has 3 atom stereocenters. The fraction of sp³-hybridized carbons (Fsp3) is 0.474. The van der Waals surface area contributed by atoms with Crippen LogP contribution < -0.4 is 9.64 Å². The monoisotopic (exact) mass is 735 g/mol. The van der Waals surface area contributed by atoms with E-state index in [0.29, 0.717) is 79.8 Å². The average molecular weight is 736 g/mol. The second-order valence-corrected chi connectivity index (χ2v) is 14.7. The van der Waals surface area contributed by atoms with Crippen LogP contribution in [0, 0.1) is 11.6 Å². The van der Waals surface area contributed by atoms with Gasteiger partial charge in [0.05, 0.1) is 29.2 Å². The summed E-state index contributed by atoms with van der Waals surface area (Å²) in [5.74, 6) is -1.01. The van der Waals surface area contributed by atoms with Crippen molar-refractivity contribution in [3.05, 3.63) is 65.3 Å². The van der Waals surface area contributed by atoms with Crippen molar-refractivity contribution in [1.29, 1.82) is 0 Å². The number of ether oxygens (including phenoxy) is 2. The van der Waals surface area contributed by atoms with E-state index in [-0.39, 0.29) is 40.8 Å². The number of hydrogen-bond donors (Lipinski definition) is 0. The van der Waals surface area contributed by atoms with E-state index in [2.05, 4.69) is 19.8 Å². The lowest BCUT2D eigenvalue weighted by atomic mass is 9.95. The maximum absolute atomic E-state index is 16.9. The standard InChI is InChI=1S/C38H41ClF3N7O3/c1-46(26-10-14-48(22-26)30(50)7-3-12-47-15-17-51-18-16-47)36-28-20-43-34(27-6-2-5-24-8-9-29(41)32(39)31(24)27)33(42)35(28)44-37(45-36)52-23-38-11-4-13-49(38)21-25(40)19-38/h2-3,5-9,20,25-26H,4,10-19,21-23H2,1H3/b7-3+/t25-,26-,38+/m1/s1. The molecule has 4 aromatic rings. The minimum Gasteiger partial charge on any atom is -0.461 e. The first kappa shape index (κ1) is 35.0. The molecule has 8 rings (SSSR count). The molecular weight excluding hydrogens is 695 g/mol. The molecule has 4 fully saturated rings. The Morgan fingerprint density at radius 1 is 1.13 bits per heavy atom. The zero-order chi connectivity index (χ0) is 36.0. The zero-order valence-electron chi connectivity index (χ0n) is 29.0. The van der Waals surface area contributed by atoms with E-state index in [9.17, 15) is 13.6 Å². The molecule has 0 radical (unpaired) electrons. The predicted molar refractivity (Wildman–Crippen MR) is 194 cm³/mol. The lowest BCUT2D eigenvalue weighted by molar-refractivity contribution is -0.125. The maximum Gasteiger partial charge on any atom is 0.319 e. The van der Waals surface area contributed by atoms with E-state index in [1.54, 1.807) is 35.2 Å². The second kappa shape index (κ2) is 14.4. The van der Waals surface area contributed by atoms with Crippen LogP contribution in [0.3, 0.4) is 0 Å². The molecule has 0 N–H and O–H groups in total. The van der Waals surface area contributed by atoms with E-state index >= 15 is 4.39 Å². The number of amides is 1. The number of nitrogens with zero attached hydrogens (tertiary/aromatic N) is 7. The topological polar surface area (TPSA) is 87.2 Å². The Morgan fingerprint density at radius 3 is 2.83 bits per heavy atom. The smallest absolute Gasteiger partial charge is 0.319 e. The Bertz CT molecular complexity index is 2030. The van der Waals surface area contributed by atoms with Gasteiger partial charge in [0, 0.05) is 82.0 Å². The largest absolute Gasteiger partial charge is 0.461 e. The van der Waals surface area contributed by atoms with Gasteiger partial charge in [-0.3, -0.25) is 19.6 Å². The fourth-order valence-corrected chi connectivity index (χ4v) is 8.59. The number of halogens is 4. The highest BCUT2D eigenvalue weighted by Crippen LogP contribution is 2.42. The van der Waals surface area contributed by atoms with Crippen LogP contribution in [0.2, 0.25) is 5.02 Å². The predicted octanol–water partition coefficient (Wildman–Crippen LogP) is 5.66. The first-order valence-electron chi connectivity index (χ1n) is 17.9. The Kier molecular flexibility index (Phi) is 9.70. The Morgan fingerprint density at radius 2 is 1.98 bits per heavy atom. The van der Waals surface area contributed by atoms with Crippen molar-refractivity contribution in [2.75, 3.05) is 77.6 Å². The number of pyridine rings is 1. The molecule has 52 heavy (non-hydrogen) atoms. The summed E-state index contributed by atoms with van der Waals surface area (Å²) < 4.78 is 57.7. The molecule has 2 aromatic heterocycles. The molecular formula is C38H41ClF3N7O3. The van der Waals surface area contributed by atoms with Gasteiger partial charge in [0.25, 0.3) is 0 Å². The summed E-state index contributed by atoms with van der Waals surface area (Å²) in [4.78, 5) is 35.2. The molecule has 0 spiro atoms. The van der Waals surface area contributed by atoms with Gasteiger partial charge >= 0.3 is 6.01 Å². The first-order chi connectivity index (χ1) is 25.2. The molecule has 4 saturated heterocycles. The highest BCUT2D eigenvalue weighted by Gasteiger charge is 2.49. The average Bonchev–Trinajstić information content (AvgIpc) is 3.87. The van der Waals surface area contributed by atoms with Gasteiger partial charge < -0.3 is 19.3 Å². The Balaban J connectivity index is 1.12. The van der Waals surface area contributed by atoms with Crippen molar-refractivity contribution in [2.45, 2.75) is 43.4 Å². The number of alkyl halides is 1. The summed E-state index contributed by atoms with van der Waals surface area (Å²) >= 11 is 6.42. The van der Waals surface area contributed by atoms with Gasteiger partial charge in [-0.1, -0.05) is 41.9 Å². The number of carbonyl (C=O) groups is 1. The van der Waals surface area contributed by atoms with E-state index in [0.717, 1.165) is 32.5 Å². The summed E-state index contributed by atoms with van der Waals surface area (Å²) in [6.07, 6.45) is 6.88. The van der Waals surface area contributed by atoms with Crippen LogP contribution in [0.15, 0.2) is 48.7 Å². The van der Waals surface area contributed by atoms with Crippen LogP contribution in [-0.2, 0) is 9.53 Å². The summed E-state index contributed by atoms with van der Waals surface area (Å²) in [5, 5.41) is 1.21. The Hall–Kier alpha value is -4.04. The molecule has 0 bridgehead atoms. The van der Waals surface area contributed by atoms with E-state index in [1.165, 1.54) is 12.3 Å². The minimum atomic E-state index is -0.936. The van der Waals surface area contributed by atoms with E-state index in [1.807, 2.05) is 18.0 Å². The quantitative estimate of drug-likeness (QED) is 0.202. The number of carbonyl (C=O) groups excluding carboxylic acids is 1. The number of likely N-dealkylation sites (tertiary alicyclic amines) is 1. The van der Waals surface area contributed by atoms with Crippen molar-refractivity contribution >= 4 is 45.0 Å². The molecule has 4 aliphatic heterocycles. The second-order valence-electron chi connectivity index (χ2n) is 14.3. The number of anilines is 1. The summed E-state index contributed by atoms with van der Waals surface area (Å²) in [7, 11) is 1.86. The molecule has 0 aliphatic carbocycles. The van der Waals surface area contributed by atoms with Crippen LogP contribution in [0.5, 0.6) is 6.01 Å². The molecule has 0 saturated carbocycles. The normalized spacial score (nSPS) is 24.1. The molecule has 1 amide bonds. The molecule has 10 nitrogen and oxygen atoms in total. The third-order valence-corrected chi connectivity index (χ3v) is 11.5. The highest BCUT2D eigenvalue weighted by atomic mass is 35.5. The van der Waals surface area contributed by atoms with Gasteiger partial charge in [-0.25, -0.2) is 13.2 Å². The van der Waals surface area contributed by atoms with Crippen LogP contribution in [0.4, 0.5) is 19.0 Å². The number of hydrogen-bond acceptors (Lipinski definition) is 9. The Labute approximate surface area is 305 Å². The third kappa shape index (κ3) is 6.56. The number of likely N-dealkylation sites (N-methyl/N-ethyl adjacent to an activating group) is 1. The van der Waals surface area contributed by atoms with Crippen molar-refractivity contribution in [3.8, 4) is 17.3 Å². The highest BCUT2D eigenvalue weighted by molar-refractivity contribution is 6.36. The molecule has 274 valence electrons. The van der Waals surface area contributed by atoms with Crippen molar-refractivity contribution in [2.24, 2.45) is 0 Å². The lowest BCUT2D eigenvalue weighted by Gasteiger charge is -2.31. The van der Waals surface area contributed by atoms with E-state index < -0.39 is 23.3 Å². The maximum atomic E-state index is 16.9. The number of benzene rings is 2. The van der Waals surface area contributed by atoms with Gasteiger partial charge in [-0.05, 0) is 37.3 Å². The van der Waals surface area contributed by atoms with Gasteiger partial charge in [0.1, 0.15) is 35.6 Å². The lowest BCUT2D eigenvalue weighted by Crippen LogP contribution is -2.43. The third-order valence-electron chi connectivity index (χ3n) is 11.1. The van der Waals surface area contributed by atoms with Gasteiger partial charge in [-0.2, -0.15) is 9.97 Å². The number of morpholine rings is 1. The molecule has 6 heterocycles. The zero-order valence-corrected chi connectivity index (χ0v) is 29.8. The van der Waals surface area contributed by atoms with Gasteiger partial charge in [0.2, 0.25) is 5.91 Å². The summed E-state index contributed by atoms with van der Waals surface area (Å²) in [6.45, 7) is 6.10. The van der Waals surface area contributed by atoms with Crippen molar-refractivity contribution in [1.82, 2.24) is 29.7 Å². The van der Waals surface area contributed by atoms with Gasteiger partial charge in [-0.15, -0.1) is 0 Å². The summed E-state index contributed by atoms with van der Waals surface area (Å²) in [5.41, 5.74) is -0.197. The van der Waals surface area contributed by atoms with Gasteiger partial charge in [0.15, 0.2) is 5.82 Å². The number of aromatic nitrogens is 3. The molecule has 4 aliphatic rings. The molecule has 0 unspecified atom stereocenters. The van der Waals surface area contributed by atoms with E-state index in [4.69, 9.17) is 26.1 Å². The number of fused-ring (bicyclic) bond motifs is 3. The van der Waals surface area contributed by atoms with Crippen molar-refractivity contribution in [3.63, 3.8) is 0 Å². The van der Waals surface area contributed by atoms with Crippen LogP contribution in [-0.4, -0.2) is 126 Å². The molecule has 2 aromatic carbocycles. The number of rotatable bonds is 9. The first-order valence-corrected chi connectivity index (χ1v) is 18.3. The van der Waals surface area contributed by atoms with Crippen LogP contribution >= 0.6 is 11.6 Å². The summed E-state index contributed by atoms with van der Waals surface area (Å²) in [6, 6.07) is 7.87. The fourth-order valence-electron chi connectivity index (χ4n) is 8.32. The SMILES string of the molecule is CN(c1nc(OC[C@@]23CCCN2C[C@H](F)C3)nc2c(F)c(-c3cccc4ccc(F)c(Cl)c34)ncc12)[C@@H]1CCN(C(=O)/C=C/CN2CCOCC2)C1. The van der Waals surface area contributed by atoms with Crippen molar-refractivity contribution < 1.29 is 27.4 Å². The van der Waals surface area contributed by atoms with Crippen LogP contribution in [0.1, 0.15) is 25.7 Å². The minimum absolute atomic E-state index is 0.0195.